The number of hydrogen-bond acceptors (Lipinski definition) is 3. The molecule has 20 heavy (non-hydrogen) atoms. The number of rotatable bonds is 2. The summed E-state index contributed by atoms with van der Waals surface area (Å²) in [6, 6.07) is 7.91. The van der Waals surface area contributed by atoms with Crippen molar-refractivity contribution in [2.75, 3.05) is 11.9 Å². The van der Waals surface area contributed by atoms with Crippen molar-refractivity contribution < 1.29 is 9.53 Å². The number of para-hydroxylation sites is 2. The van der Waals surface area contributed by atoms with E-state index in [4.69, 9.17) is 4.74 Å². The molecule has 1 unspecified atom stereocenters. The van der Waals surface area contributed by atoms with E-state index in [1.54, 1.807) is 0 Å². The van der Waals surface area contributed by atoms with Crippen molar-refractivity contribution in [1.82, 2.24) is 5.32 Å². The number of amides is 1. The number of fused-ring (bicyclic) bond motifs is 1. The first kappa shape index (κ1) is 13.3. The zero-order chi connectivity index (χ0) is 14.5. The van der Waals surface area contributed by atoms with Crippen molar-refractivity contribution >= 4 is 11.6 Å². The van der Waals surface area contributed by atoms with E-state index in [-0.39, 0.29) is 22.8 Å². The van der Waals surface area contributed by atoms with E-state index < -0.39 is 6.10 Å². The highest BCUT2D eigenvalue weighted by Crippen LogP contribution is 2.62. The third-order valence-electron chi connectivity index (χ3n) is 5.23. The minimum absolute atomic E-state index is 0.0318. The molecule has 4 nitrogen and oxygen atoms in total. The molecule has 3 rings (SSSR count). The van der Waals surface area contributed by atoms with Crippen molar-refractivity contribution in [2.24, 2.45) is 10.8 Å². The highest BCUT2D eigenvalue weighted by atomic mass is 16.5. The average Bonchev–Trinajstić information content (AvgIpc) is 2.80. The molecule has 2 aliphatic rings. The van der Waals surface area contributed by atoms with Crippen molar-refractivity contribution in [1.29, 1.82) is 0 Å². The molecule has 1 aromatic carbocycles. The Kier molecular flexibility index (Phi) is 2.75. The summed E-state index contributed by atoms with van der Waals surface area (Å²) in [5.41, 5.74) is 1.23. The lowest BCUT2D eigenvalue weighted by atomic mass is 10.0. The first-order chi connectivity index (χ1) is 9.34. The van der Waals surface area contributed by atoms with Crippen LogP contribution in [0.15, 0.2) is 24.3 Å². The van der Waals surface area contributed by atoms with Gasteiger partial charge in [0.1, 0.15) is 5.75 Å². The molecule has 0 aromatic heterocycles. The van der Waals surface area contributed by atoms with Gasteiger partial charge in [-0.05, 0) is 23.0 Å². The van der Waals surface area contributed by atoms with Gasteiger partial charge in [0.2, 0.25) is 0 Å². The maximum Gasteiger partial charge on any atom is 0.263 e. The largest absolute Gasteiger partial charge is 0.477 e. The summed E-state index contributed by atoms with van der Waals surface area (Å²) in [6.07, 6.45) is -0.461. The SMILES string of the molecule is CC1(C)C(NC(=O)C2CNc3ccccc3O2)C1(C)C. The highest BCUT2D eigenvalue weighted by molar-refractivity contribution is 5.84. The van der Waals surface area contributed by atoms with Crippen molar-refractivity contribution in [3.63, 3.8) is 0 Å². The third-order valence-corrected chi connectivity index (χ3v) is 5.23. The molecule has 1 aliphatic heterocycles. The number of anilines is 1. The van der Waals surface area contributed by atoms with Crippen LogP contribution in [0.5, 0.6) is 5.75 Å². The van der Waals surface area contributed by atoms with Gasteiger partial charge in [0, 0.05) is 6.04 Å². The fraction of sp³-hybridized carbons (Fsp3) is 0.562. The fourth-order valence-electron chi connectivity index (χ4n) is 3.05. The number of nitrogens with one attached hydrogen (secondary N) is 2. The lowest BCUT2D eigenvalue weighted by Crippen LogP contribution is -2.46. The number of hydrogen-bond donors (Lipinski definition) is 2. The van der Waals surface area contributed by atoms with Gasteiger partial charge in [-0.15, -0.1) is 0 Å². The topological polar surface area (TPSA) is 50.4 Å². The van der Waals surface area contributed by atoms with Crippen molar-refractivity contribution in [3.05, 3.63) is 24.3 Å². The van der Waals surface area contributed by atoms with Gasteiger partial charge < -0.3 is 15.4 Å². The fourth-order valence-corrected chi connectivity index (χ4v) is 3.05. The quantitative estimate of drug-likeness (QED) is 0.870. The van der Waals surface area contributed by atoms with Crippen LogP contribution >= 0.6 is 0 Å². The van der Waals surface area contributed by atoms with Crippen LogP contribution in [0.3, 0.4) is 0 Å². The normalized spacial score (nSPS) is 25.9. The molecule has 4 heteroatoms. The van der Waals surface area contributed by atoms with Crippen LogP contribution in [0.25, 0.3) is 0 Å². The minimum atomic E-state index is -0.461. The van der Waals surface area contributed by atoms with Crippen LogP contribution in [0.4, 0.5) is 5.69 Å². The van der Waals surface area contributed by atoms with E-state index in [9.17, 15) is 4.79 Å². The van der Waals surface area contributed by atoms with Gasteiger partial charge >= 0.3 is 0 Å². The van der Waals surface area contributed by atoms with Crippen LogP contribution in [-0.4, -0.2) is 24.6 Å². The van der Waals surface area contributed by atoms with Gasteiger partial charge in [0.05, 0.1) is 12.2 Å². The molecule has 0 radical (unpaired) electrons. The maximum atomic E-state index is 12.4. The van der Waals surface area contributed by atoms with Gasteiger partial charge in [0.15, 0.2) is 6.10 Å². The summed E-state index contributed by atoms with van der Waals surface area (Å²) in [5, 5.41) is 6.37. The first-order valence-electron chi connectivity index (χ1n) is 7.14. The second-order valence-electron chi connectivity index (χ2n) is 6.87. The van der Waals surface area contributed by atoms with E-state index in [1.807, 2.05) is 24.3 Å². The van der Waals surface area contributed by atoms with Crippen LogP contribution in [0.2, 0.25) is 0 Å². The van der Waals surface area contributed by atoms with Gasteiger partial charge in [0.25, 0.3) is 5.91 Å². The van der Waals surface area contributed by atoms with Crippen molar-refractivity contribution in [2.45, 2.75) is 39.8 Å². The molecule has 1 amide bonds. The Morgan fingerprint density at radius 3 is 2.55 bits per heavy atom. The third kappa shape index (κ3) is 1.86. The molecule has 0 saturated heterocycles. The first-order valence-corrected chi connectivity index (χ1v) is 7.14. The van der Waals surface area contributed by atoms with E-state index in [1.165, 1.54) is 0 Å². The molecule has 108 valence electrons. The minimum Gasteiger partial charge on any atom is -0.477 e. The van der Waals surface area contributed by atoms with Crippen LogP contribution < -0.4 is 15.4 Å². The average molecular weight is 274 g/mol. The molecular weight excluding hydrogens is 252 g/mol. The molecule has 1 saturated carbocycles. The Hall–Kier alpha value is -1.71. The predicted octanol–water partition coefficient (Wildman–Crippen LogP) is 2.41. The van der Waals surface area contributed by atoms with Crippen LogP contribution in [-0.2, 0) is 4.79 Å². The Morgan fingerprint density at radius 2 is 1.90 bits per heavy atom. The van der Waals surface area contributed by atoms with E-state index in [0.717, 1.165) is 11.4 Å². The summed E-state index contributed by atoms with van der Waals surface area (Å²) in [4.78, 5) is 12.4. The summed E-state index contributed by atoms with van der Waals surface area (Å²) < 4.78 is 5.78. The number of carbonyl (C=O) groups excluding carboxylic acids is 1. The monoisotopic (exact) mass is 274 g/mol. The Labute approximate surface area is 119 Å². The van der Waals surface area contributed by atoms with Gasteiger partial charge in [-0.3, -0.25) is 4.79 Å². The van der Waals surface area contributed by atoms with Gasteiger partial charge in [-0.2, -0.15) is 0 Å². The van der Waals surface area contributed by atoms with Gasteiger partial charge in [-0.1, -0.05) is 39.8 Å². The van der Waals surface area contributed by atoms with Crippen LogP contribution in [0, 0.1) is 10.8 Å². The zero-order valence-electron chi connectivity index (χ0n) is 12.5. The second-order valence-corrected chi connectivity index (χ2v) is 6.87. The lowest BCUT2D eigenvalue weighted by Gasteiger charge is -2.26. The van der Waals surface area contributed by atoms with Crippen LogP contribution in [0.1, 0.15) is 27.7 Å². The number of ether oxygens (including phenoxy) is 1. The summed E-state index contributed by atoms with van der Waals surface area (Å²) in [6.45, 7) is 9.26. The molecule has 1 atom stereocenters. The van der Waals surface area contributed by atoms with Crippen molar-refractivity contribution in [3.8, 4) is 5.75 Å². The molecule has 1 fully saturated rings. The van der Waals surface area contributed by atoms with Gasteiger partial charge in [-0.25, -0.2) is 0 Å². The molecule has 0 bridgehead atoms. The molecule has 2 N–H and O–H groups in total. The molecular formula is C16H22N2O2. The number of carbonyl (C=O) groups is 1. The summed E-state index contributed by atoms with van der Waals surface area (Å²) in [5.74, 6) is 0.712. The Bertz CT molecular complexity index is 537. The van der Waals surface area contributed by atoms with E-state index in [2.05, 4.69) is 38.3 Å². The maximum absolute atomic E-state index is 12.4. The predicted molar refractivity (Wildman–Crippen MR) is 78.8 cm³/mol. The second kappa shape index (κ2) is 4.14. The molecule has 0 spiro atoms. The summed E-state index contributed by atoms with van der Waals surface area (Å²) in [7, 11) is 0. The van der Waals surface area contributed by atoms with E-state index >= 15 is 0 Å². The smallest absolute Gasteiger partial charge is 0.263 e. The standard InChI is InChI=1S/C16H22N2O2/c1-15(2)14(16(15,3)4)18-13(19)12-9-17-10-7-5-6-8-11(10)20-12/h5-8,12,14,17H,9H2,1-4H3,(H,18,19). The Balaban J connectivity index is 1.66. The molecule has 1 aromatic rings. The molecule has 1 heterocycles. The summed E-state index contributed by atoms with van der Waals surface area (Å²) >= 11 is 0. The Morgan fingerprint density at radius 1 is 1.25 bits per heavy atom. The molecule has 1 aliphatic carbocycles. The highest BCUT2D eigenvalue weighted by Gasteiger charge is 2.65. The lowest BCUT2D eigenvalue weighted by molar-refractivity contribution is -0.128. The van der Waals surface area contributed by atoms with E-state index in [0.29, 0.717) is 6.54 Å². The zero-order valence-corrected chi connectivity index (χ0v) is 12.5. The number of benzene rings is 1.